The zero-order valence-corrected chi connectivity index (χ0v) is 12.1. The molecule has 5 heteroatoms. The van der Waals surface area contributed by atoms with Crippen molar-refractivity contribution in [3.8, 4) is 0 Å². The lowest BCUT2D eigenvalue weighted by atomic mass is 10.1. The van der Waals surface area contributed by atoms with Crippen LogP contribution in [0, 0.1) is 0 Å². The molecule has 0 fully saturated rings. The third-order valence-corrected chi connectivity index (χ3v) is 3.41. The summed E-state index contributed by atoms with van der Waals surface area (Å²) in [4.78, 5) is 18.0. The van der Waals surface area contributed by atoms with Crippen LogP contribution in [0.5, 0.6) is 0 Å². The van der Waals surface area contributed by atoms with Crippen LogP contribution in [0.1, 0.15) is 16.1 Å². The Bertz CT molecular complexity index is 601. The molecule has 0 atom stereocenters. The maximum atomic E-state index is 12.3. The highest BCUT2D eigenvalue weighted by Gasteiger charge is 2.16. The van der Waals surface area contributed by atoms with Crippen molar-refractivity contribution in [2.24, 2.45) is 0 Å². The molecular weight excluding hydrogens is 306 g/mol. The summed E-state index contributed by atoms with van der Waals surface area (Å²) in [6.07, 6.45) is 1.60. The number of nitrogens with zero attached hydrogens (tertiary/aromatic N) is 2. The molecule has 0 aliphatic carbocycles. The van der Waals surface area contributed by atoms with Crippen molar-refractivity contribution in [1.29, 1.82) is 0 Å². The van der Waals surface area contributed by atoms with Gasteiger partial charge in [-0.1, -0.05) is 18.2 Å². The van der Waals surface area contributed by atoms with E-state index in [1.165, 1.54) is 0 Å². The van der Waals surface area contributed by atoms with E-state index in [9.17, 15) is 4.79 Å². The van der Waals surface area contributed by atoms with Gasteiger partial charge < -0.3 is 10.6 Å². The number of aromatic nitrogens is 1. The van der Waals surface area contributed by atoms with Gasteiger partial charge in [0.05, 0.1) is 0 Å². The molecule has 0 bridgehead atoms. The van der Waals surface area contributed by atoms with E-state index < -0.39 is 0 Å². The smallest absolute Gasteiger partial charge is 0.273 e. The SMILES string of the molecule is CN(Cc1ccccc1N)C(=O)c1ncccc1Br. The highest BCUT2D eigenvalue weighted by Crippen LogP contribution is 2.17. The number of anilines is 1. The molecule has 1 aromatic heterocycles. The average Bonchev–Trinajstić information content (AvgIpc) is 2.41. The Balaban J connectivity index is 2.17. The first kappa shape index (κ1) is 13.5. The van der Waals surface area contributed by atoms with Gasteiger partial charge in [0.25, 0.3) is 5.91 Å². The van der Waals surface area contributed by atoms with E-state index in [1.807, 2.05) is 24.3 Å². The van der Waals surface area contributed by atoms with Crippen molar-refractivity contribution in [3.63, 3.8) is 0 Å². The van der Waals surface area contributed by atoms with Crippen LogP contribution in [-0.2, 0) is 6.54 Å². The van der Waals surface area contributed by atoms with Gasteiger partial charge in [0.15, 0.2) is 0 Å². The van der Waals surface area contributed by atoms with Crippen molar-refractivity contribution in [3.05, 3.63) is 58.3 Å². The third-order valence-electron chi connectivity index (χ3n) is 2.77. The number of amides is 1. The number of pyridine rings is 1. The molecule has 0 spiro atoms. The van der Waals surface area contributed by atoms with Gasteiger partial charge in [0.2, 0.25) is 0 Å². The molecule has 1 heterocycles. The third kappa shape index (κ3) is 3.12. The summed E-state index contributed by atoms with van der Waals surface area (Å²) in [7, 11) is 1.73. The Morgan fingerprint density at radius 2 is 2.05 bits per heavy atom. The van der Waals surface area contributed by atoms with E-state index in [4.69, 9.17) is 5.73 Å². The molecule has 98 valence electrons. The van der Waals surface area contributed by atoms with Crippen LogP contribution in [0.3, 0.4) is 0 Å². The fourth-order valence-corrected chi connectivity index (χ4v) is 2.15. The average molecular weight is 320 g/mol. The first-order chi connectivity index (χ1) is 9.09. The molecule has 1 amide bonds. The largest absolute Gasteiger partial charge is 0.398 e. The molecule has 0 aliphatic heterocycles. The second-order valence-electron chi connectivity index (χ2n) is 4.19. The van der Waals surface area contributed by atoms with Gasteiger partial charge in [0, 0.05) is 29.9 Å². The van der Waals surface area contributed by atoms with Crippen LogP contribution in [0.4, 0.5) is 5.69 Å². The number of hydrogen-bond donors (Lipinski definition) is 1. The Hall–Kier alpha value is -1.88. The van der Waals surface area contributed by atoms with E-state index in [1.54, 1.807) is 30.3 Å². The second kappa shape index (κ2) is 5.84. The minimum Gasteiger partial charge on any atom is -0.398 e. The number of nitrogen functional groups attached to an aromatic ring is 1. The molecule has 2 aromatic rings. The van der Waals surface area contributed by atoms with Crippen LogP contribution in [0.15, 0.2) is 47.1 Å². The molecular formula is C14H14BrN3O. The van der Waals surface area contributed by atoms with Crippen molar-refractivity contribution in [2.75, 3.05) is 12.8 Å². The molecule has 19 heavy (non-hydrogen) atoms. The Morgan fingerprint density at radius 1 is 1.32 bits per heavy atom. The highest BCUT2D eigenvalue weighted by atomic mass is 79.9. The number of hydrogen-bond acceptors (Lipinski definition) is 3. The predicted molar refractivity (Wildman–Crippen MR) is 78.6 cm³/mol. The van der Waals surface area contributed by atoms with E-state index in [0.29, 0.717) is 22.4 Å². The van der Waals surface area contributed by atoms with Crippen LogP contribution in [0.2, 0.25) is 0 Å². The van der Waals surface area contributed by atoms with Crippen LogP contribution < -0.4 is 5.73 Å². The van der Waals surface area contributed by atoms with Crippen LogP contribution in [-0.4, -0.2) is 22.8 Å². The van der Waals surface area contributed by atoms with Crippen LogP contribution >= 0.6 is 15.9 Å². The van der Waals surface area contributed by atoms with Crippen molar-refractivity contribution >= 4 is 27.5 Å². The van der Waals surface area contributed by atoms with Crippen molar-refractivity contribution in [2.45, 2.75) is 6.54 Å². The molecule has 0 saturated carbocycles. The van der Waals surface area contributed by atoms with Gasteiger partial charge >= 0.3 is 0 Å². The molecule has 1 aromatic carbocycles. The van der Waals surface area contributed by atoms with E-state index in [0.717, 1.165) is 5.56 Å². The molecule has 0 radical (unpaired) electrons. The Morgan fingerprint density at radius 3 is 2.74 bits per heavy atom. The standard InChI is InChI=1S/C14H14BrN3O/c1-18(9-10-5-2-3-7-12(10)16)14(19)13-11(15)6-4-8-17-13/h2-8H,9,16H2,1H3. The van der Waals surface area contributed by atoms with E-state index >= 15 is 0 Å². The monoisotopic (exact) mass is 319 g/mol. The topological polar surface area (TPSA) is 59.2 Å². The normalized spacial score (nSPS) is 10.2. The van der Waals surface area contributed by atoms with Crippen molar-refractivity contribution < 1.29 is 4.79 Å². The molecule has 0 unspecified atom stereocenters. The highest BCUT2D eigenvalue weighted by molar-refractivity contribution is 9.10. The fourth-order valence-electron chi connectivity index (χ4n) is 1.73. The molecule has 2 N–H and O–H groups in total. The fraction of sp³-hybridized carbons (Fsp3) is 0.143. The number of carbonyl (C=O) groups is 1. The quantitative estimate of drug-likeness (QED) is 0.885. The number of rotatable bonds is 3. The zero-order valence-electron chi connectivity index (χ0n) is 10.5. The number of nitrogens with two attached hydrogens (primary N) is 1. The van der Waals surface area contributed by atoms with Gasteiger partial charge in [-0.3, -0.25) is 4.79 Å². The lowest BCUT2D eigenvalue weighted by Gasteiger charge is -2.18. The van der Waals surface area contributed by atoms with Crippen LogP contribution in [0.25, 0.3) is 0 Å². The van der Waals surface area contributed by atoms with Crippen molar-refractivity contribution in [1.82, 2.24) is 9.88 Å². The summed E-state index contributed by atoms with van der Waals surface area (Å²) >= 11 is 3.33. The summed E-state index contributed by atoms with van der Waals surface area (Å²) in [5.41, 5.74) is 7.88. The molecule has 0 saturated heterocycles. The first-order valence-corrected chi connectivity index (χ1v) is 6.58. The summed E-state index contributed by atoms with van der Waals surface area (Å²) < 4.78 is 0.688. The number of para-hydroxylation sites is 1. The summed E-state index contributed by atoms with van der Waals surface area (Å²) in [5.74, 6) is -0.143. The van der Waals surface area contributed by atoms with E-state index in [2.05, 4.69) is 20.9 Å². The minimum absolute atomic E-state index is 0.143. The summed E-state index contributed by atoms with van der Waals surface area (Å²) in [6, 6.07) is 11.1. The van der Waals surface area contributed by atoms with Gasteiger partial charge in [-0.05, 0) is 39.7 Å². The Kier molecular flexibility index (Phi) is 4.16. The van der Waals surface area contributed by atoms with Gasteiger partial charge in [-0.25, -0.2) is 4.98 Å². The summed E-state index contributed by atoms with van der Waals surface area (Å²) in [6.45, 7) is 0.453. The van der Waals surface area contributed by atoms with E-state index in [-0.39, 0.29) is 5.91 Å². The maximum absolute atomic E-state index is 12.3. The van der Waals surface area contributed by atoms with Gasteiger partial charge in [-0.2, -0.15) is 0 Å². The van der Waals surface area contributed by atoms with Gasteiger partial charge in [-0.15, -0.1) is 0 Å². The molecule has 0 aliphatic rings. The number of halogens is 1. The second-order valence-corrected chi connectivity index (χ2v) is 5.05. The van der Waals surface area contributed by atoms with Gasteiger partial charge in [0.1, 0.15) is 5.69 Å². The lowest BCUT2D eigenvalue weighted by molar-refractivity contribution is 0.0778. The number of carbonyl (C=O) groups excluding carboxylic acids is 1. The zero-order chi connectivity index (χ0) is 13.8. The maximum Gasteiger partial charge on any atom is 0.273 e. The summed E-state index contributed by atoms with van der Waals surface area (Å²) in [5, 5.41) is 0. The molecule has 4 nitrogen and oxygen atoms in total. The number of benzene rings is 1. The first-order valence-electron chi connectivity index (χ1n) is 5.79. The minimum atomic E-state index is -0.143. The lowest BCUT2D eigenvalue weighted by Crippen LogP contribution is -2.27. The Labute approximate surface area is 120 Å². The predicted octanol–water partition coefficient (Wildman–Crippen LogP) is 2.70. The molecule has 2 rings (SSSR count).